The molecule has 11 heavy (non-hydrogen) atoms. The Balaban J connectivity index is 2.63. The van der Waals surface area contributed by atoms with Crippen LogP contribution in [0.25, 0.3) is 0 Å². The van der Waals surface area contributed by atoms with Crippen LogP contribution in [-0.4, -0.2) is 12.1 Å². The minimum absolute atomic E-state index is 0.307. The van der Waals surface area contributed by atoms with Gasteiger partial charge in [0.05, 0.1) is 0 Å². The fourth-order valence-corrected chi connectivity index (χ4v) is 2.19. The normalized spacial score (nSPS) is 52.6. The lowest BCUT2D eigenvalue weighted by Gasteiger charge is -2.40. The maximum Gasteiger partial charge on any atom is 0.0105 e. The molecule has 1 aliphatic rings. The zero-order valence-electron chi connectivity index (χ0n) is 7.75. The first-order chi connectivity index (χ1) is 5.04. The third-order valence-electron chi connectivity index (χ3n) is 3.27. The van der Waals surface area contributed by atoms with E-state index in [1.807, 2.05) is 0 Å². The number of nitrogens with two attached hydrogens (primary N) is 2. The van der Waals surface area contributed by atoms with E-state index in [9.17, 15) is 0 Å². The maximum atomic E-state index is 5.99. The highest BCUT2D eigenvalue weighted by atomic mass is 14.8. The van der Waals surface area contributed by atoms with Gasteiger partial charge in [-0.1, -0.05) is 20.8 Å². The van der Waals surface area contributed by atoms with Gasteiger partial charge in [-0.25, -0.2) is 0 Å². The van der Waals surface area contributed by atoms with Crippen LogP contribution in [0, 0.1) is 17.8 Å². The second-order valence-electron chi connectivity index (χ2n) is 4.20. The van der Waals surface area contributed by atoms with E-state index in [0.29, 0.717) is 29.8 Å². The fourth-order valence-electron chi connectivity index (χ4n) is 2.19. The molecule has 0 aliphatic heterocycles. The van der Waals surface area contributed by atoms with Crippen LogP contribution < -0.4 is 11.5 Å². The van der Waals surface area contributed by atoms with E-state index in [0.717, 1.165) is 0 Å². The summed E-state index contributed by atoms with van der Waals surface area (Å²) in [6.07, 6.45) is 1.19. The summed E-state index contributed by atoms with van der Waals surface area (Å²) in [6, 6.07) is 0.613. The molecule has 0 aromatic carbocycles. The van der Waals surface area contributed by atoms with Gasteiger partial charge in [0.2, 0.25) is 0 Å². The van der Waals surface area contributed by atoms with Gasteiger partial charge in [0.25, 0.3) is 0 Å². The standard InChI is InChI=1S/C9H20N2/c1-5-4-6(2)9(11)7(3)8(5)10/h5-9H,4,10-11H2,1-3H3. The molecule has 0 bridgehead atoms. The molecule has 66 valence electrons. The number of rotatable bonds is 0. The van der Waals surface area contributed by atoms with Gasteiger partial charge in [0.15, 0.2) is 0 Å². The molecular weight excluding hydrogens is 136 g/mol. The lowest BCUT2D eigenvalue weighted by molar-refractivity contribution is 0.163. The lowest BCUT2D eigenvalue weighted by atomic mass is 9.71. The molecule has 4 atom stereocenters. The summed E-state index contributed by atoms with van der Waals surface area (Å²) in [5, 5.41) is 0. The largest absolute Gasteiger partial charge is 0.327 e. The van der Waals surface area contributed by atoms with Crippen LogP contribution in [0.1, 0.15) is 27.2 Å². The topological polar surface area (TPSA) is 52.0 Å². The Labute approximate surface area is 69.3 Å². The van der Waals surface area contributed by atoms with E-state index in [1.165, 1.54) is 6.42 Å². The van der Waals surface area contributed by atoms with E-state index in [4.69, 9.17) is 11.5 Å². The van der Waals surface area contributed by atoms with Crippen molar-refractivity contribution in [3.63, 3.8) is 0 Å². The second kappa shape index (κ2) is 3.11. The SMILES string of the molecule is CC1CC(C)C(N)C(C)C1N. The Kier molecular flexibility index (Phi) is 2.55. The summed E-state index contributed by atoms with van der Waals surface area (Å²) < 4.78 is 0. The molecule has 0 spiro atoms. The summed E-state index contributed by atoms with van der Waals surface area (Å²) in [6.45, 7) is 6.62. The molecule has 1 aliphatic carbocycles. The summed E-state index contributed by atoms with van der Waals surface area (Å²) in [5.74, 6) is 1.76. The second-order valence-corrected chi connectivity index (χ2v) is 4.20. The smallest absolute Gasteiger partial charge is 0.0105 e. The third kappa shape index (κ3) is 1.57. The summed E-state index contributed by atoms with van der Waals surface area (Å²) in [7, 11) is 0. The van der Waals surface area contributed by atoms with Gasteiger partial charge in [0.1, 0.15) is 0 Å². The Morgan fingerprint density at radius 1 is 0.909 bits per heavy atom. The average molecular weight is 156 g/mol. The molecule has 1 saturated carbocycles. The number of hydrogen-bond acceptors (Lipinski definition) is 2. The van der Waals surface area contributed by atoms with Gasteiger partial charge in [-0.2, -0.15) is 0 Å². The highest BCUT2D eigenvalue weighted by molar-refractivity contribution is 4.91. The van der Waals surface area contributed by atoms with Crippen LogP contribution in [0.5, 0.6) is 0 Å². The average Bonchev–Trinajstić information content (AvgIpc) is 1.97. The van der Waals surface area contributed by atoms with Crippen molar-refractivity contribution in [2.75, 3.05) is 0 Å². The molecule has 0 heterocycles. The van der Waals surface area contributed by atoms with Gasteiger partial charge < -0.3 is 11.5 Å². The van der Waals surface area contributed by atoms with Gasteiger partial charge in [-0.15, -0.1) is 0 Å². The van der Waals surface area contributed by atoms with E-state index in [2.05, 4.69) is 20.8 Å². The van der Waals surface area contributed by atoms with E-state index < -0.39 is 0 Å². The van der Waals surface area contributed by atoms with Crippen molar-refractivity contribution in [1.29, 1.82) is 0 Å². The molecule has 4 unspecified atom stereocenters. The van der Waals surface area contributed by atoms with Crippen molar-refractivity contribution >= 4 is 0 Å². The molecule has 1 fully saturated rings. The molecule has 2 nitrogen and oxygen atoms in total. The fraction of sp³-hybridized carbons (Fsp3) is 1.00. The zero-order valence-corrected chi connectivity index (χ0v) is 7.75. The molecule has 0 saturated heterocycles. The Morgan fingerprint density at radius 3 is 1.64 bits per heavy atom. The van der Waals surface area contributed by atoms with Crippen LogP contribution >= 0.6 is 0 Å². The molecule has 0 amide bonds. The lowest BCUT2D eigenvalue weighted by Crippen LogP contribution is -2.52. The quantitative estimate of drug-likeness (QED) is 0.548. The summed E-state index contributed by atoms with van der Waals surface area (Å²) in [4.78, 5) is 0. The third-order valence-corrected chi connectivity index (χ3v) is 3.27. The first kappa shape index (κ1) is 9.01. The molecular formula is C9H20N2. The van der Waals surface area contributed by atoms with Crippen LogP contribution in [-0.2, 0) is 0 Å². The van der Waals surface area contributed by atoms with Crippen molar-refractivity contribution < 1.29 is 0 Å². The first-order valence-corrected chi connectivity index (χ1v) is 4.55. The van der Waals surface area contributed by atoms with Gasteiger partial charge in [-0.3, -0.25) is 0 Å². The Bertz CT molecular complexity index is 122. The first-order valence-electron chi connectivity index (χ1n) is 4.55. The van der Waals surface area contributed by atoms with Crippen LogP contribution in [0.3, 0.4) is 0 Å². The predicted octanol–water partition coefficient (Wildman–Crippen LogP) is 0.953. The van der Waals surface area contributed by atoms with Crippen molar-refractivity contribution in [1.82, 2.24) is 0 Å². The monoisotopic (exact) mass is 156 g/mol. The molecule has 1 rings (SSSR count). The van der Waals surface area contributed by atoms with Crippen LogP contribution in [0.2, 0.25) is 0 Å². The van der Waals surface area contributed by atoms with Crippen molar-refractivity contribution in [2.45, 2.75) is 39.3 Å². The van der Waals surface area contributed by atoms with E-state index in [-0.39, 0.29) is 0 Å². The zero-order chi connectivity index (χ0) is 8.59. The van der Waals surface area contributed by atoms with E-state index >= 15 is 0 Å². The van der Waals surface area contributed by atoms with Crippen molar-refractivity contribution in [3.8, 4) is 0 Å². The maximum absolute atomic E-state index is 5.99. The molecule has 2 heteroatoms. The summed E-state index contributed by atoms with van der Waals surface area (Å²) >= 11 is 0. The van der Waals surface area contributed by atoms with Gasteiger partial charge in [-0.05, 0) is 24.2 Å². The molecule has 0 aromatic rings. The van der Waals surface area contributed by atoms with Crippen LogP contribution in [0.15, 0.2) is 0 Å². The highest BCUT2D eigenvalue weighted by Gasteiger charge is 2.34. The molecule has 0 aromatic heterocycles. The summed E-state index contributed by atoms with van der Waals surface area (Å²) in [5.41, 5.74) is 12.0. The minimum atomic E-state index is 0.307. The Morgan fingerprint density at radius 2 is 1.27 bits per heavy atom. The van der Waals surface area contributed by atoms with Crippen LogP contribution in [0.4, 0.5) is 0 Å². The number of hydrogen-bond donors (Lipinski definition) is 2. The van der Waals surface area contributed by atoms with E-state index in [1.54, 1.807) is 0 Å². The van der Waals surface area contributed by atoms with Crippen molar-refractivity contribution in [2.24, 2.45) is 29.2 Å². The Hall–Kier alpha value is -0.0800. The van der Waals surface area contributed by atoms with Gasteiger partial charge >= 0.3 is 0 Å². The molecule has 4 N–H and O–H groups in total. The minimum Gasteiger partial charge on any atom is -0.327 e. The van der Waals surface area contributed by atoms with Gasteiger partial charge in [0, 0.05) is 12.1 Å². The predicted molar refractivity (Wildman–Crippen MR) is 48.1 cm³/mol. The van der Waals surface area contributed by atoms with Crippen molar-refractivity contribution in [3.05, 3.63) is 0 Å². The molecule has 0 radical (unpaired) electrons. The highest BCUT2D eigenvalue weighted by Crippen LogP contribution is 2.30.